The van der Waals surface area contributed by atoms with Gasteiger partial charge in [0, 0.05) is 52.6 Å². The fourth-order valence-electron chi connectivity index (χ4n) is 4.89. The van der Waals surface area contributed by atoms with Crippen LogP contribution in [0.4, 0.5) is 0 Å². The van der Waals surface area contributed by atoms with Crippen LogP contribution in [0.2, 0.25) is 10.0 Å². The molecule has 2 heterocycles. The Kier molecular flexibility index (Phi) is 7.83. The molecule has 178 valence electrons. The first kappa shape index (κ1) is 24.6. The molecular formula is C27H29Cl2N3O2. The van der Waals surface area contributed by atoms with Crippen molar-refractivity contribution in [2.45, 2.75) is 32.6 Å². The van der Waals surface area contributed by atoms with Crippen molar-refractivity contribution in [1.82, 2.24) is 9.88 Å². The molecule has 1 fully saturated rings. The summed E-state index contributed by atoms with van der Waals surface area (Å²) in [7, 11) is 2.02. The van der Waals surface area contributed by atoms with Gasteiger partial charge in [-0.15, -0.1) is 0 Å². The molecule has 0 bridgehead atoms. The fourth-order valence-corrected chi connectivity index (χ4v) is 5.49. The SMILES string of the molecule is Cc1cc(C#N)cc2c1cc(Cc1c(Cl)ccc(CCC(CCNC=O)C3COC3)c1Cl)n2C. The van der Waals surface area contributed by atoms with Gasteiger partial charge in [-0.25, -0.2) is 0 Å². The zero-order chi connectivity index (χ0) is 24.2. The minimum Gasteiger partial charge on any atom is -0.381 e. The molecule has 0 saturated carbocycles. The van der Waals surface area contributed by atoms with E-state index in [-0.39, 0.29) is 0 Å². The standard InChI is InChI=1S/C27H29Cl2N3O2/c1-17-9-18(13-30)10-26-23(17)11-22(32(26)2)12-24-25(28)6-5-20(27(24)29)4-3-19(7-8-31-16-33)21-14-34-15-21/h5-6,9-11,16,19,21H,3-4,7-8,12,14-15H2,1-2H3,(H,31,33). The summed E-state index contributed by atoms with van der Waals surface area (Å²) in [5, 5.41) is 14.6. The third kappa shape index (κ3) is 5.10. The molecule has 1 aromatic heterocycles. The van der Waals surface area contributed by atoms with Gasteiger partial charge in [-0.2, -0.15) is 5.26 Å². The second-order valence-electron chi connectivity index (χ2n) is 9.17. The van der Waals surface area contributed by atoms with Gasteiger partial charge in [0.15, 0.2) is 0 Å². The first-order valence-corrected chi connectivity index (χ1v) is 12.4. The van der Waals surface area contributed by atoms with Crippen molar-refractivity contribution in [3.05, 3.63) is 68.3 Å². The molecule has 0 spiro atoms. The zero-order valence-electron chi connectivity index (χ0n) is 19.5. The molecule has 7 heteroatoms. The maximum absolute atomic E-state index is 10.6. The third-order valence-electron chi connectivity index (χ3n) is 7.08. The van der Waals surface area contributed by atoms with Crippen LogP contribution in [0.1, 0.15) is 40.8 Å². The van der Waals surface area contributed by atoms with Crippen LogP contribution >= 0.6 is 23.2 Å². The van der Waals surface area contributed by atoms with Gasteiger partial charge in [0.1, 0.15) is 0 Å². The number of amides is 1. The maximum atomic E-state index is 10.6. The lowest BCUT2D eigenvalue weighted by atomic mass is 9.83. The summed E-state index contributed by atoms with van der Waals surface area (Å²) in [4.78, 5) is 10.6. The van der Waals surface area contributed by atoms with Gasteiger partial charge >= 0.3 is 0 Å². The Morgan fingerprint density at radius 1 is 1.26 bits per heavy atom. The second kappa shape index (κ2) is 10.8. The van der Waals surface area contributed by atoms with E-state index in [1.165, 1.54) is 0 Å². The lowest BCUT2D eigenvalue weighted by Gasteiger charge is -2.34. The summed E-state index contributed by atoms with van der Waals surface area (Å²) in [6.07, 6.45) is 4.14. The smallest absolute Gasteiger partial charge is 0.207 e. The highest BCUT2D eigenvalue weighted by Crippen LogP contribution is 2.35. The number of ether oxygens (including phenoxy) is 1. The summed E-state index contributed by atoms with van der Waals surface area (Å²) < 4.78 is 7.52. The quantitative estimate of drug-likeness (QED) is 0.293. The summed E-state index contributed by atoms with van der Waals surface area (Å²) >= 11 is 13.5. The van der Waals surface area contributed by atoms with E-state index in [1.807, 2.05) is 38.2 Å². The number of rotatable bonds is 10. The molecule has 0 aliphatic carbocycles. The second-order valence-corrected chi connectivity index (χ2v) is 9.95. The number of aryl methyl sites for hydroxylation is 3. The molecule has 1 aliphatic heterocycles. The molecule has 1 atom stereocenters. The molecule has 2 aromatic carbocycles. The maximum Gasteiger partial charge on any atom is 0.207 e. The largest absolute Gasteiger partial charge is 0.381 e. The number of nitrogens with one attached hydrogen (secondary N) is 1. The Labute approximate surface area is 210 Å². The van der Waals surface area contributed by atoms with E-state index in [0.29, 0.717) is 35.4 Å². The first-order chi connectivity index (χ1) is 16.4. The number of benzene rings is 2. The average Bonchev–Trinajstić information content (AvgIpc) is 3.10. The molecule has 3 aromatic rings. The number of nitriles is 1. The van der Waals surface area contributed by atoms with Crippen molar-refractivity contribution < 1.29 is 9.53 Å². The highest BCUT2D eigenvalue weighted by molar-refractivity contribution is 6.36. The molecule has 1 unspecified atom stereocenters. The van der Waals surface area contributed by atoms with E-state index in [0.717, 1.165) is 77.2 Å². The molecule has 1 saturated heterocycles. The van der Waals surface area contributed by atoms with Crippen molar-refractivity contribution in [2.24, 2.45) is 18.9 Å². The van der Waals surface area contributed by atoms with Crippen LogP contribution in [-0.4, -0.2) is 30.7 Å². The van der Waals surface area contributed by atoms with Crippen LogP contribution in [0.5, 0.6) is 0 Å². The van der Waals surface area contributed by atoms with E-state index in [4.69, 9.17) is 27.9 Å². The molecule has 1 aliphatic rings. The van der Waals surface area contributed by atoms with Crippen molar-refractivity contribution >= 4 is 40.5 Å². The van der Waals surface area contributed by atoms with Crippen LogP contribution < -0.4 is 5.32 Å². The van der Waals surface area contributed by atoms with Crippen molar-refractivity contribution in [3.8, 4) is 6.07 Å². The summed E-state index contributed by atoms with van der Waals surface area (Å²) in [6.45, 7) is 4.29. The highest BCUT2D eigenvalue weighted by Gasteiger charge is 2.28. The Hall–Kier alpha value is -2.52. The molecule has 1 N–H and O–H groups in total. The average molecular weight is 498 g/mol. The number of halogens is 2. The van der Waals surface area contributed by atoms with E-state index >= 15 is 0 Å². The van der Waals surface area contributed by atoms with Crippen molar-refractivity contribution in [3.63, 3.8) is 0 Å². The lowest BCUT2D eigenvalue weighted by molar-refractivity contribution is -0.109. The molecule has 0 radical (unpaired) electrons. The number of carbonyl (C=O) groups excluding carboxylic acids is 1. The van der Waals surface area contributed by atoms with Crippen LogP contribution in [0.25, 0.3) is 10.9 Å². The van der Waals surface area contributed by atoms with Crippen LogP contribution in [0.3, 0.4) is 0 Å². The minimum atomic E-state index is 0.479. The van der Waals surface area contributed by atoms with Gasteiger partial charge in [0.25, 0.3) is 0 Å². The van der Waals surface area contributed by atoms with Crippen molar-refractivity contribution in [2.75, 3.05) is 19.8 Å². The van der Waals surface area contributed by atoms with Crippen LogP contribution in [0, 0.1) is 30.1 Å². The normalized spacial score (nSPS) is 14.6. The number of aromatic nitrogens is 1. The third-order valence-corrected chi connectivity index (χ3v) is 7.90. The number of hydrogen-bond acceptors (Lipinski definition) is 3. The summed E-state index contributed by atoms with van der Waals surface area (Å²) in [5.41, 5.74) is 5.89. The number of hydrogen-bond donors (Lipinski definition) is 1. The molecule has 4 rings (SSSR count). The Morgan fingerprint density at radius 2 is 2.06 bits per heavy atom. The predicted octanol–water partition coefficient (Wildman–Crippen LogP) is 5.59. The van der Waals surface area contributed by atoms with Gasteiger partial charge in [-0.05, 0) is 73.1 Å². The molecule has 34 heavy (non-hydrogen) atoms. The van der Waals surface area contributed by atoms with Crippen LogP contribution in [-0.2, 0) is 29.4 Å². The predicted molar refractivity (Wildman–Crippen MR) is 136 cm³/mol. The minimum absolute atomic E-state index is 0.479. The van der Waals surface area contributed by atoms with E-state index in [2.05, 4.69) is 22.0 Å². The van der Waals surface area contributed by atoms with Crippen molar-refractivity contribution in [1.29, 1.82) is 5.26 Å². The Morgan fingerprint density at radius 3 is 2.74 bits per heavy atom. The number of nitrogens with zero attached hydrogens (tertiary/aromatic N) is 2. The van der Waals surface area contributed by atoms with Gasteiger partial charge in [0.05, 0.1) is 24.8 Å². The lowest BCUT2D eigenvalue weighted by Crippen LogP contribution is -2.36. The summed E-state index contributed by atoms with van der Waals surface area (Å²) in [5.74, 6) is 1.02. The molecule has 5 nitrogen and oxygen atoms in total. The monoisotopic (exact) mass is 497 g/mol. The molecule has 1 amide bonds. The number of carbonyl (C=O) groups is 1. The first-order valence-electron chi connectivity index (χ1n) is 11.6. The van der Waals surface area contributed by atoms with E-state index in [9.17, 15) is 10.1 Å². The van der Waals surface area contributed by atoms with Gasteiger partial charge in [0.2, 0.25) is 6.41 Å². The van der Waals surface area contributed by atoms with Gasteiger partial charge < -0.3 is 14.6 Å². The molecular weight excluding hydrogens is 469 g/mol. The Balaban J connectivity index is 1.56. The van der Waals surface area contributed by atoms with E-state index in [1.54, 1.807) is 0 Å². The topological polar surface area (TPSA) is 67.1 Å². The zero-order valence-corrected chi connectivity index (χ0v) is 21.0. The number of fused-ring (bicyclic) bond motifs is 1. The fraction of sp³-hybridized carbons (Fsp3) is 0.407. The van der Waals surface area contributed by atoms with Gasteiger partial charge in [-0.3, -0.25) is 4.79 Å². The Bertz CT molecular complexity index is 1240. The summed E-state index contributed by atoms with van der Waals surface area (Å²) in [6, 6.07) is 12.2. The van der Waals surface area contributed by atoms with E-state index < -0.39 is 0 Å². The highest BCUT2D eigenvalue weighted by atomic mass is 35.5. The van der Waals surface area contributed by atoms with Crippen LogP contribution in [0.15, 0.2) is 30.3 Å². The van der Waals surface area contributed by atoms with Gasteiger partial charge in [-0.1, -0.05) is 29.3 Å².